The summed E-state index contributed by atoms with van der Waals surface area (Å²) in [4.78, 5) is 0.0872. The SMILES string of the molecule is C/C(=N/NC(=N)N)c1cn(S(=O)(=O)c2ccccc2)c2cc(F)ccc12. The molecule has 0 radical (unpaired) electrons. The maximum atomic E-state index is 13.8. The van der Waals surface area contributed by atoms with Crippen LogP contribution in [-0.4, -0.2) is 24.1 Å². The topological polar surface area (TPSA) is 113 Å². The molecule has 1 heterocycles. The fourth-order valence-corrected chi connectivity index (χ4v) is 3.95. The van der Waals surface area contributed by atoms with Crippen molar-refractivity contribution in [1.82, 2.24) is 9.40 Å². The first-order valence-electron chi connectivity index (χ1n) is 7.56. The quantitative estimate of drug-likeness (QED) is 0.370. The molecule has 1 aromatic heterocycles. The van der Waals surface area contributed by atoms with Crippen molar-refractivity contribution in [3.05, 3.63) is 66.1 Å². The van der Waals surface area contributed by atoms with Crippen LogP contribution in [0.1, 0.15) is 12.5 Å². The van der Waals surface area contributed by atoms with Gasteiger partial charge < -0.3 is 5.73 Å². The van der Waals surface area contributed by atoms with E-state index in [4.69, 9.17) is 11.1 Å². The molecule has 0 atom stereocenters. The van der Waals surface area contributed by atoms with Crippen LogP contribution >= 0.6 is 0 Å². The lowest BCUT2D eigenvalue weighted by Gasteiger charge is -2.07. The van der Waals surface area contributed by atoms with Crippen molar-refractivity contribution in [2.45, 2.75) is 11.8 Å². The highest BCUT2D eigenvalue weighted by atomic mass is 32.2. The van der Waals surface area contributed by atoms with Crippen LogP contribution in [-0.2, 0) is 10.0 Å². The number of hydrogen-bond donors (Lipinski definition) is 3. The Bertz CT molecular complexity index is 1120. The summed E-state index contributed by atoms with van der Waals surface area (Å²) >= 11 is 0. The Labute approximate surface area is 149 Å². The molecule has 0 saturated heterocycles. The Balaban J connectivity index is 2.26. The van der Waals surface area contributed by atoms with Crippen LogP contribution in [0.25, 0.3) is 10.9 Å². The van der Waals surface area contributed by atoms with E-state index in [2.05, 4.69) is 10.5 Å². The first-order valence-corrected chi connectivity index (χ1v) is 9.00. The van der Waals surface area contributed by atoms with Gasteiger partial charge in [0.05, 0.1) is 16.1 Å². The summed E-state index contributed by atoms with van der Waals surface area (Å²) in [6.45, 7) is 1.63. The number of benzene rings is 2. The largest absolute Gasteiger partial charge is 0.369 e. The third-order valence-electron chi connectivity index (χ3n) is 3.77. The van der Waals surface area contributed by atoms with Crippen LogP contribution in [0.5, 0.6) is 0 Å². The van der Waals surface area contributed by atoms with Gasteiger partial charge in [-0.1, -0.05) is 18.2 Å². The number of nitrogens with one attached hydrogen (secondary N) is 2. The Morgan fingerprint density at radius 3 is 2.58 bits per heavy atom. The molecule has 4 N–H and O–H groups in total. The summed E-state index contributed by atoms with van der Waals surface area (Å²) in [6, 6.07) is 11.8. The molecule has 3 aromatic rings. The molecule has 0 fully saturated rings. The smallest absolute Gasteiger partial charge is 0.268 e. The van der Waals surface area contributed by atoms with Crippen molar-refractivity contribution in [1.29, 1.82) is 5.41 Å². The molecule has 0 amide bonds. The molecule has 2 aromatic carbocycles. The molecule has 0 aliphatic heterocycles. The number of hydrazone groups is 1. The van der Waals surface area contributed by atoms with Crippen LogP contribution < -0.4 is 11.2 Å². The zero-order valence-corrected chi connectivity index (χ0v) is 14.6. The summed E-state index contributed by atoms with van der Waals surface area (Å²) in [5.74, 6) is -0.904. The third-order valence-corrected chi connectivity index (χ3v) is 5.46. The van der Waals surface area contributed by atoms with Crippen LogP contribution in [0.2, 0.25) is 0 Å². The molecular weight excluding hydrogens is 357 g/mol. The summed E-state index contributed by atoms with van der Waals surface area (Å²) in [5, 5.41) is 11.6. The Hall–Kier alpha value is -3.20. The van der Waals surface area contributed by atoms with E-state index in [9.17, 15) is 12.8 Å². The number of guanidine groups is 1. The fourth-order valence-electron chi connectivity index (χ4n) is 2.57. The Kier molecular flexibility index (Phi) is 4.47. The van der Waals surface area contributed by atoms with E-state index in [0.29, 0.717) is 16.7 Å². The summed E-state index contributed by atoms with van der Waals surface area (Å²) in [7, 11) is -3.92. The maximum absolute atomic E-state index is 13.8. The van der Waals surface area contributed by atoms with E-state index >= 15 is 0 Å². The second-order valence-electron chi connectivity index (χ2n) is 5.54. The molecule has 0 unspecified atom stereocenters. The molecule has 0 aliphatic carbocycles. The van der Waals surface area contributed by atoms with Gasteiger partial charge in [-0.2, -0.15) is 5.10 Å². The average molecular weight is 373 g/mol. The van der Waals surface area contributed by atoms with E-state index in [-0.39, 0.29) is 16.4 Å². The lowest BCUT2D eigenvalue weighted by atomic mass is 10.1. The summed E-state index contributed by atoms with van der Waals surface area (Å²) in [6.07, 6.45) is 1.38. The number of nitrogens with two attached hydrogens (primary N) is 1. The highest BCUT2D eigenvalue weighted by Gasteiger charge is 2.22. The van der Waals surface area contributed by atoms with Crippen molar-refractivity contribution in [3.63, 3.8) is 0 Å². The zero-order valence-electron chi connectivity index (χ0n) is 13.8. The van der Waals surface area contributed by atoms with Gasteiger partial charge in [0.15, 0.2) is 0 Å². The zero-order chi connectivity index (χ0) is 18.9. The average Bonchev–Trinajstić information content (AvgIpc) is 2.99. The van der Waals surface area contributed by atoms with Gasteiger partial charge in [0.1, 0.15) is 5.82 Å². The second kappa shape index (κ2) is 6.60. The lowest BCUT2D eigenvalue weighted by Crippen LogP contribution is -2.26. The van der Waals surface area contributed by atoms with E-state index in [1.807, 2.05) is 0 Å². The first-order chi connectivity index (χ1) is 12.3. The number of hydrogen-bond acceptors (Lipinski definition) is 4. The van der Waals surface area contributed by atoms with Crippen LogP contribution in [0, 0.1) is 11.2 Å². The highest BCUT2D eigenvalue weighted by molar-refractivity contribution is 7.90. The van der Waals surface area contributed by atoms with E-state index in [1.165, 1.54) is 30.5 Å². The van der Waals surface area contributed by atoms with Crippen LogP contribution in [0.15, 0.2) is 64.7 Å². The molecule has 134 valence electrons. The van der Waals surface area contributed by atoms with E-state index in [0.717, 1.165) is 10.0 Å². The standard InChI is InChI=1S/C17H16FN5O2S/c1-11(21-22-17(19)20)15-10-23(16-9-12(18)7-8-14(15)16)26(24,25)13-5-3-2-4-6-13/h2-10H,1H3,(H4,19,20,22)/b21-11-. The van der Waals surface area contributed by atoms with Gasteiger partial charge in [-0.3, -0.25) is 5.41 Å². The molecule has 9 heteroatoms. The molecule has 26 heavy (non-hydrogen) atoms. The molecule has 7 nitrogen and oxygen atoms in total. The van der Waals surface area contributed by atoms with E-state index in [1.54, 1.807) is 25.1 Å². The number of rotatable bonds is 4. The van der Waals surface area contributed by atoms with Crippen molar-refractivity contribution >= 4 is 32.6 Å². The number of halogens is 1. The van der Waals surface area contributed by atoms with Crippen molar-refractivity contribution in [2.75, 3.05) is 0 Å². The number of fused-ring (bicyclic) bond motifs is 1. The lowest BCUT2D eigenvalue weighted by molar-refractivity contribution is 0.589. The monoisotopic (exact) mass is 373 g/mol. The van der Waals surface area contributed by atoms with Gasteiger partial charge in [0.25, 0.3) is 10.0 Å². The number of nitrogens with zero attached hydrogens (tertiary/aromatic N) is 2. The minimum absolute atomic E-state index is 0.0872. The van der Waals surface area contributed by atoms with Crippen LogP contribution in [0.3, 0.4) is 0 Å². The van der Waals surface area contributed by atoms with Crippen molar-refractivity contribution in [3.8, 4) is 0 Å². The van der Waals surface area contributed by atoms with E-state index < -0.39 is 15.8 Å². The summed E-state index contributed by atoms with van der Waals surface area (Å²) < 4.78 is 40.8. The van der Waals surface area contributed by atoms with Gasteiger partial charge in [-0.05, 0) is 37.3 Å². The van der Waals surface area contributed by atoms with Gasteiger partial charge >= 0.3 is 0 Å². The molecule has 0 spiro atoms. The molecule has 0 aliphatic rings. The summed E-state index contributed by atoms with van der Waals surface area (Å²) in [5.41, 5.74) is 8.61. The molecular formula is C17H16FN5O2S. The number of aromatic nitrogens is 1. The molecule has 0 saturated carbocycles. The van der Waals surface area contributed by atoms with Gasteiger partial charge in [-0.15, -0.1) is 0 Å². The fraction of sp³-hybridized carbons (Fsp3) is 0.0588. The molecule has 3 rings (SSSR count). The molecule has 0 bridgehead atoms. The van der Waals surface area contributed by atoms with Crippen LogP contribution in [0.4, 0.5) is 4.39 Å². The third kappa shape index (κ3) is 3.16. The Morgan fingerprint density at radius 2 is 1.92 bits per heavy atom. The maximum Gasteiger partial charge on any atom is 0.268 e. The predicted octanol–water partition coefficient (Wildman–Crippen LogP) is 2.22. The second-order valence-corrected chi connectivity index (χ2v) is 7.36. The normalized spacial score (nSPS) is 12.3. The Morgan fingerprint density at radius 1 is 1.23 bits per heavy atom. The first kappa shape index (κ1) is 17.6. The highest BCUT2D eigenvalue weighted by Crippen LogP contribution is 2.27. The van der Waals surface area contributed by atoms with Gasteiger partial charge in [0, 0.05) is 17.1 Å². The van der Waals surface area contributed by atoms with Crippen molar-refractivity contribution < 1.29 is 12.8 Å². The predicted molar refractivity (Wildman–Crippen MR) is 98.2 cm³/mol. The minimum Gasteiger partial charge on any atom is -0.369 e. The minimum atomic E-state index is -3.92. The van der Waals surface area contributed by atoms with Gasteiger partial charge in [-0.25, -0.2) is 22.2 Å². The van der Waals surface area contributed by atoms with Crippen molar-refractivity contribution in [2.24, 2.45) is 10.8 Å². The van der Waals surface area contributed by atoms with Gasteiger partial charge in [0.2, 0.25) is 5.96 Å².